The SMILES string of the molecule is CCCCCCCNCc1cc(Cl)c(OCc2cccc(C)c2)c(OC)c1. The topological polar surface area (TPSA) is 30.5 Å². The van der Waals surface area contributed by atoms with E-state index in [0.717, 1.165) is 24.2 Å². The van der Waals surface area contributed by atoms with Crippen LogP contribution in [0.15, 0.2) is 36.4 Å². The summed E-state index contributed by atoms with van der Waals surface area (Å²) in [5.74, 6) is 1.28. The molecule has 0 amide bonds. The highest BCUT2D eigenvalue weighted by Gasteiger charge is 2.12. The van der Waals surface area contributed by atoms with Crippen LogP contribution in [0.2, 0.25) is 5.02 Å². The van der Waals surface area contributed by atoms with Gasteiger partial charge in [0.15, 0.2) is 11.5 Å². The van der Waals surface area contributed by atoms with E-state index in [9.17, 15) is 0 Å². The molecule has 0 unspecified atom stereocenters. The average Bonchev–Trinajstić information content (AvgIpc) is 2.66. The molecule has 0 saturated carbocycles. The number of rotatable bonds is 12. The summed E-state index contributed by atoms with van der Waals surface area (Å²) in [5, 5.41) is 4.07. The van der Waals surface area contributed by atoms with Crippen molar-refractivity contribution in [2.75, 3.05) is 13.7 Å². The number of hydrogen-bond donors (Lipinski definition) is 1. The van der Waals surface area contributed by atoms with Crippen LogP contribution in [0.4, 0.5) is 0 Å². The van der Waals surface area contributed by atoms with Crippen LogP contribution in [0, 0.1) is 6.92 Å². The Labute approximate surface area is 169 Å². The molecule has 0 heterocycles. The van der Waals surface area contributed by atoms with Gasteiger partial charge in [-0.1, -0.05) is 74.0 Å². The quantitative estimate of drug-likeness (QED) is 0.432. The molecule has 0 atom stereocenters. The van der Waals surface area contributed by atoms with Crippen LogP contribution >= 0.6 is 11.6 Å². The van der Waals surface area contributed by atoms with Crippen molar-refractivity contribution in [2.45, 2.75) is 59.1 Å². The van der Waals surface area contributed by atoms with Gasteiger partial charge in [0.05, 0.1) is 12.1 Å². The minimum atomic E-state index is 0.465. The minimum Gasteiger partial charge on any atom is -0.493 e. The first-order valence-electron chi connectivity index (χ1n) is 9.89. The second-order valence-corrected chi connectivity index (χ2v) is 7.38. The molecule has 0 aromatic heterocycles. The largest absolute Gasteiger partial charge is 0.493 e. The van der Waals surface area contributed by atoms with Gasteiger partial charge in [0.2, 0.25) is 0 Å². The van der Waals surface area contributed by atoms with Crippen molar-refractivity contribution in [2.24, 2.45) is 0 Å². The van der Waals surface area contributed by atoms with Crippen molar-refractivity contribution < 1.29 is 9.47 Å². The fraction of sp³-hybridized carbons (Fsp3) is 0.478. The van der Waals surface area contributed by atoms with Gasteiger partial charge >= 0.3 is 0 Å². The Bertz CT molecular complexity index is 703. The molecule has 2 aromatic carbocycles. The zero-order valence-electron chi connectivity index (χ0n) is 16.8. The van der Waals surface area contributed by atoms with E-state index in [1.165, 1.54) is 37.7 Å². The third-order valence-corrected chi connectivity index (χ3v) is 4.82. The Morgan fingerprint density at radius 1 is 1.00 bits per heavy atom. The number of nitrogens with one attached hydrogen (secondary N) is 1. The van der Waals surface area contributed by atoms with Gasteiger partial charge in [-0.25, -0.2) is 0 Å². The van der Waals surface area contributed by atoms with E-state index < -0.39 is 0 Å². The first-order chi connectivity index (χ1) is 13.1. The van der Waals surface area contributed by atoms with Crippen molar-refractivity contribution in [3.8, 4) is 11.5 Å². The van der Waals surface area contributed by atoms with Crippen molar-refractivity contribution in [1.82, 2.24) is 5.32 Å². The molecule has 0 radical (unpaired) electrons. The maximum Gasteiger partial charge on any atom is 0.180 e. The predicted octanol–water partition coefficient (Wildman–Crippen LogP) is 6.30. The second kappa shape index (κ2) is 11.9. The number of hydrogen-bond acceptors (Lipinski definition) is 3. The Balaban J connectivity index is 1.90. The number of benzene rings is 2. The minimum absolute atomic E-state index is 0.465. The normalized spacial score (nSPS) is 10.8. The molecule has 148 valence electrons. The molecule has 0 spiro atoms. The fourth-order valence-electron chi connectivity index (χ4n) is 3.06. The monoisotopic (exact) mass is 389 g/mol. The summed E-state index contributed by atoms with van der Waals surface area (Å²) in [6.45, 7) is 6.58. The third kappa shape index (κ3) is 7.43. The number of halogens is 1. The van der Waals surface area contributed by atoms with Gasteiger partial charge in [-0.15, -0.1) is 0 Å². The first kappa shape index (κ1) is 21.6. The van der Waals surface area contributed by atoms with Crippen LogP contribution < -0.4 is 14.8 Å². The Hall–Kier alpha value is -1.71. The number of unbranched alkanes of at least 4 members (excludes halogenated alkanes) is 4. The van der Waals surface area contributed by atoms with Gasteiger partial charge in [0.1, 0.15) is 6.61 Å². The Morgan fingerprint density at radius 3 is 2.56 bits per heavy atom. The highest BCUT2D eigenvalue weighted by molar-refractivity contribution is 6.32. The lowest BCUT2D eigenvalue weighted by Crippen LogP contribution is -2.14. The summed E-state index contributed by atoms with van der Waals surface area (Å²) >= 11 is 6.48. The maximum atomic E-state index is 6.48. The zero-order chi connectivity index (χ0) is 19.5. The van der Waals surface area contributed by atoms with Gasteiger partial charge in [-0.05, 0) is 43.1 Å². The molecule has 2 rings (SSSR count). The molecule has 0 aliphatic heterocycles. The van der Waals surface area contributed by atoms with Crippen molar-refractivity contribution >= 4 is 11.6 Å². The van der Waals surface area contributed by atoms with E-state index in [-0.39, 0.29) is 0 Å². The average molecular weight is 390 g/mol. The van der Waals surface area contributed by atoms with Crippen LogP contribution in [0.5, 0.6) is 11.5 Å². The van der Waals surface area contributed by atoms with E-state index >= 15 is 0 Å². The van der Waals surface area contributed by atoms with Crippen LogP contribution in [-0.4, -0.2) is 13.7 Å². The first-order valence-corrected chi connectivity index (χ1v) is 10.3. The summed E-state index contributed by atoms with van der Waals surface area (Å²) in [4.78, 5) is 0. The smallest absolute Gasteiger partial charge is 0.180 e. The highest BCUT2D eigenvalue weighted by Crippen LogP contribution is 2.37. The summed E-state index contributed by atoms with van der Waals surface area (Å²) in [6, 6.07) is 12.2. The van der Waals surface area contributed by atoms with Gasteiger partial charge < -0.3 is 14.8 Å². The summed E-state index contributed by atoms with van der Waals surface area (Å²) in [5.41, 5.74) is 3.43. The number of ether oxygens (including phenoxy) is 2. The second-order valence-electron chi connectivity index (χ2n) is 6.98. The molecule has 0 saturated heterocycles. The molecular formula is C23H32ClNO2. The lowest BCUT2D eigenvalue weighted by molar-refractivity contribution is 0.284. The Kier molecular flexibility index (Phi) is 9.51. The summed E-state index contributed by atoms with van der Waals surface area (Å²) in [6.07, 6.45) is 6.44. The molecule has 1 N–H and O–H groups in total. The van der Waals surface area contributed by atoms with Crippen LogP contribution in [-0.2, 0) is 13.2 Å². The van der Waals surface area contributed by atoms with Gasteiger partial charge in [0.25, 0.3) is 0 Å². The fourth-order valence-corrected chi connectivity index (χ4v) is 3.35. The standard InChI is InChI=1S/C23H32ClNO2/c1-4-5-6-7-8-12-25-16-20-14-21(24)23(22(15-20)26-3)27-17-19-11-9-10-18(2)13-19/h9-11,13-15,25H,4-8,12,16-17H2,1-3H3. The lowest BCUT2D eigenvalue weighted by atomic mass is 10.1. The highest BCUT2D eigenvalue weighted by atomic mass is 35.5. The molecule has 27 heavy (non-hydrogen) atoms. The van der Waals surface area contributed by atoms with E-state index in [4.69, 9.17) is 21.1 Å². The number of aryl methyl sites for hydroxylation is 1. The molecule has 0 bridgehead atoms. The van der Waals surface area contributed by atoms with Crippen LogP contribution in [0.1, 0.15) is 55.7 Å². The summed E-state index contributed by atoms with van der Waals surface area (Å²) < 4.78 is 11.5. The van der Waals surface area contributed by atoms with Crippen molar-refractivity contribution in [3.05, 3.63) is 58.1 Å². The van der Waals surface area contributed by atoms with Crippen molar-refractivity contribution in [1.29, 1.82) is 0 Å². The van der Waals surface area contributed by atoms with Crippen LogP contribution in [0.25, 0.3) is 0 Å². The molecule has 4 heteroatoms. The maximum absolute atomic E-state index is 6.48. The van der Waals surface area contributed by atoms with E-state index in [1.54, 1.807) is 7.11 Å². The molecule has 2 aromatic rings. The van der Waals surface area contributed by atoms with Crippen molar-refractivity contribution in [3.63, 3.8) is 0 Å². The van der Waals surface area contributed by atoms with E-state index in [1.807, 2.05) is 24.3 Å². The predicted molar refractivity (Wildman–Crippen MR) is 114 cm³/mol. The molecule has 3 nitrogen and oxygen atoms in total. The number of methoxy groups -OCH3 is 1. The zero-order valence-corrected chi connectivity index (χ0v) is 17.6. The van der Waals surface area contributed by atoms with Gasteiger partial charge in [0, 0.05) is 6.54 Å². The molecule has 0 aliphatic rings. The van der Waals surface area contributed by atoms with Gasteiger partial charge in [-0.3, -0.25) is 0 Å². The van der Waals surface area contributed by atoms with Gasteiger partial charge in [-0.2, -0.15) is 0 Å². The lowest BCUT2D eigenvalue weighted by Gasteiger charge is -2.15. The molecular weight excluding hydrogens is 358 g/mol. The van der Waals surface area contributed by atoms with E-state index in [0.29, 0.717) is 23.1 Å². The summed E-state index contributed by atoms with van der Waals surface area (Å²) in [7, 11) is 1.65. The van der Waals surface area contributed by atoms with Crippen LogP contribution in [0.3, 0.4) is 0 Å². The Morgan fingerprint density at radius 2 is 1.81 bits per heavy atom. The van der Waals surface area contributed by atoms with E-state index in [2.05, 4.69) is 31.3 Å². The molecule has 0 fully saturated rings. The third-order valence-electron chi connectivity index (χ3n) is 4.54. The molecule has 0 aliphatic carbocycles.